The quantitative estimate of drug-likeness (QED) is 0.0669. The average molecular weight is 741 g/mol. The third-order valence-corrected chi connectivity index (χ3v) is 8.47. The zero-order valence-corrected chi connectivity index (χ0v) is 31.6. The molecule has 7 amide bonds. The van der Waals surface area contributed by atoms with E-state index in [1.165, 1.54) is 5.01 Å². The Balaban J connectivity index is 1.57. The molecule has 0 saturated carbocycles. The number of para-hydroxylation sites is 1. The summed E-state index contributed by atoms with van der Waals surface area (Å²) < 4.78 is 5.73. The minimum absolute atomic E-state index is 0.0259. The monoisotopic (exact) mass is 740 g/mol. The summed E-state index contributed by atoms with van der Waals surface area (Å²) in [5, 5.41) is 13.0. The molecule has 1 heterocycles. The van der Waals surface area contributed by atoms with E-state index < -0.39 is 47.4 Å². The molecule has 288 valence electrons. The fourth-order valence-corrected chi connectivity index (χ4v) is 5.75. The van der Waals surface area contributed by atoms with E-state index in [0.717, 1.165) is 38.7 Å². The maximum absolute atomic E-state index is 14.3. The van der Waals surface area contributed by atoms with Crippen molar-refractivity contribution in [3.05, 3.63) is 107 Å². The molecular weight excluding hydrogens is 688 g/mol. The molecule has 3 aromatic carbocycles. The third-order valence-electron chi connectivity index (χ3n) is 8.47. The normalized spacial score (nSPS) is 12.3. The number of ether oxygens (including phenoxy) is 1. The third kappa shape index (κ3) is 13.0. The van der Waals surface area contributed by atoms with Gasteiger partial charge in [-0.15, -0.1) is 0 Å². The van der Waals surface area contributed by atoms with Crippen LogP contribution in [0.5, 0.6) is 0 Å². The Kier molecular flexibility index (Phi) is 14.6. The molecule has 0 radical (unpaired) electrons. The highest BCUT2D eigenvalue weighted by atomic mass is 16.5. The highest BCUT2D eigenvalue weighted by Crippen LogP contribution is 2.20. The summed E-state index contributed by atoms with van der Waals surface area (Å²) in [6.45, 7) is 10.0. The van der Waals surface area contributed by atoms with Gasteiger partial charge in [0.1, 0.15) is 12.1 Å². The minimum atomic E-state index is -1.22. The van der Waals surface area contributed by atoms with Gasteiger partial charge in [-0.25, -0.2) is 14.6 Å². The molecule has 14 heteroatoms. The van der Waals surface area contributed by atoms with Gasteiger partial charge in [0.15, 0.2) is 0 Å². The Bertz CT molecular complexity index is 1910. The first kappa shape index (κ1) is 40.9. The van der Waals surface area contributed by atoms with E-state index in [1.54, 1.807) is 27.0 Å². The van der Waals surface area contributed by atoms with Crippen LogP contribution in [0.4, 0.5) is 9.59 Å². The van der Waals surface area contributed by atoms with Crippen molar-refractivity contribution in [1.29, 1.82) is 0 Å². The smallest absolute Gasteiger partial charge is 0.336 e. The predicted molar refractivity (Wildman–Crippen MR) is 207 cm³/mol. The minimum Gasteiger partial charge on any atom is -0.375 e. The number of H-pyrrole nitrogens is 1. The fourth-order valence-electron chi connectivity index (χ4n) is 5.75. The van der Waals surface area contributed by atoms with Crippen LogP contribution in [0.3, 0.4) is 0 Å². The van der Waals surface area contributed by atoms with E-state index in [-0.39, 0.29) is 39.0 Å². The topological polar surface area (TPSA) is 200 Å². The average Bonchev–Trinajstić information content (AvgIpc) is 3.52. The molecule has 4 rings (SSSR count). The van der Waals surface area contributed by atoms with Crippen LogP contribution < -0.4 is 32.4 Å². The second-order valence-electron chi connectivity index (χ2n) is 14.3. The van der Waals surface area contributed by atoms with Crippen molar-refractivity contribution in [2.45, 2.75) is 84.7 Å². The number of nitrogens with zero attached hydrogens (tertiary/aromatic N) is 1. The Morgan fingerprint density at radius 2 is 1.59 bits per heavy atom. The number of aromatic nitrogens is 1. The van der Waals surface area contributed by atoms with E-state index in [2.05, 4.69) is 31.7 Å². The number of aromatic amines is 1. The van der Waals surface area contributed by atoms with E-state index in [9.17, 15) is 24.0 Å². The van der Waals surface area contributed by atoms with Crippen LogP contribution >= 0.6 is 0 Å². The number of hydrogen-bond donors (Lipinski definition) is 7. The maximum Gasteiger partial charge on any atom is 0.336 e. The predicted octanol–water partition coefficient (Wildman–Crippen LogP) is 4.00. The summed E-state index contributed by atoms with van der Waals surface area (Å²) in [7, 11) is 0. The van der Waals surface area contributed by atoms with Gasteiger partial charge in [0.05, 0.1) is 19.8 Å². The van der Waals surface area contributed by atoms with E-state index >= 15 is 0 Å². The lowest BCUT2D eigenvalue weighted by molar-refractivity contribution is -0.132. The van der Waals surface area contributed by atoms with Crippen LogP contribution in [0.15, 0.2) is 79.0 Å². The number of hydrazine groups is 1. The maximum atomic E-state index is 14.3. The Labute approximate surface area is 315 Å². The second-order valence-corrected chi connectivity index (χ2v) is 14.3. The number of amides is 7. The first-order valence-corrected chi connectivity index (χ1v) is 17.9. The zero-order valence-electron chi connectivity index (χ0n) is 31.6. The lowest BCUT2D eigenvalue weighted by atomic mass is 10.0. The zero-order chi connectivity index (χ0) is 39.3. The molecule has 2 atom stereocenters. The summed E-state index contributed by atoms with van der Waals surface area (Å²) in [5.41, 5.74) is 12.9. The lowest BCUT2D eigenvalue weighted by Gasteiger charge is -2.29. The van der Waals surface area contributed by atoms with Crippen LogP contribution in [0.1, 0.15) is 61.4 Å². The molecule has 0 aliphatic heterocycles. The van der Waals surface area contributed by atoms with Crippen molar-refractivity contribution < 1.29 is 28.7 Å². The number of hydrogen-bond acceptors (Lipinski definition) is 6. The molecule has 4 aromatic rings. The summed E-state index contributed by atoms with van der Waals surface area (Å²) in [6, 6.07) is 19.4. The van der Waals surface area contributed by atoms with E-state index in [1.807, 2.05) is 86.6 Å². The molecule has 2 unspecified atom stereocenters. The van der Waals surface area contributed by atoms with Crippen LogP contribution in [0.2, 0.25) is 0 Å². The highest BCUT2D eigenvalue weighted by Gasteiger charge is 2.30. The largest absolute Gasteiger partial charge is 0.375 e. The number of nitrogens with one attached hydrogen (secondary N) is 6. The molecule has 0 aliphatic carbocycles. The van der Waals surface area contributed by atoms with Gasteiger partial charge in [-0.2, -0.15) is 0 Å². The van der Waals surface area contributed by atoms with Gasteiger partial charge >= 0.3 is 12.1 Å². The van der Waals surface area contributed by atoms with Crippen LogP contribution in [-0.4, -0.2) is 70.6 Å². The van der Waals surface area contributed by atoms with Crippen molar-refractivity contribution in [1.82, 2.24) is 36.7 Å². The fraction of sp³-hybridized carbons (Fsp3) is 0.375. The molecule has 0 bridgehead atoms. The van der Waals surface area contributed by atoms with Crippen molar-refractivity contribution >= 4 is 40.7 Å². The second kappa shape index (κ2) is 19.3. The molecule has 14 nitrogen and oxygen atoms in total. The lowest BCUT2D eigenvalue weighted by Crippen LogP contribution is -2.59. The van der Waals surface area contributed by atoms with Gasteiger partial charge in [-0.05, 0) is 69.4 Å². The summed E-state index contributed by atoms with van der Waals surface area (Å²) in [4.78, 5) is 69.5. The number of nitrogens with two attached hydrogens (primary N) is 1. The van der Waals surface area contributed by atoms with Gasteiger partial charge in [0, 0.05) is 42.0 Å². The van der Waals surface area contributed by atoms with Crippen LogP contribution in [0.25, 0.3) is 10.9 Å². The number of benzene rings is 3. The van der Waals surface area contributed by atoms with Gasteiger partial charge in [0.2, 0.25) is 11.8 Å². The van der Waals surface area contributed by atoms with Crippen molar-refractivity contribution in [2.75, 3.05) is 13.2 Å². The van der Waals surface area contributed by atoms with Crippen molar-refractivity contribution in [2.24, 2.45) is 5.73 Å². The molecule has 8 N–H and O–H groups in total. The Hall–Kier alpha value is -5.89. The molecule has 0 spiro atoms. The van der Waals surface area contributed by atoms with Gasteiger partial charge in [-0.3, -0.25) is 19.8 Å². The number of carbonyl (C=O) groups excluding carboxylic acids is 5. The van der Waals surface area contributed by atoms with Crippen LogP contribution in [0, 0.1) is 13.8 Å². The molecule has 0 fully saturated rings. The number of aryl methyl sites for hydroxylation is 2. The number of carbonyl (C=O) groups is 5. The standard InChI is InChI=1S/C40H52N8O6/c1-26-15-16-29(27(2)21-26)24-48(39(53)42-19-20-54-25-28-11-7-6-8-12-28)47-37(51)34(22-30-23-43-32-14-10-9-13-31(30)32)44-36(50)33(17-18-35(41)49)45-38(52)46-40(3,4)5/h6-16,21,23,33-34,43H,17-20,22,24-25H2,1-5H3,(H2,41,49)(H,42,53)(H,44,50)(H,47,51)(H2,45,46,52). The summed E-state index contributed by atoms with van der Waals surface area (Å²) in [5.74, 6) is -2.04. The van der Waals surface area contributed by atoms with Gasteiger partial charge < -0.3 is 36.7 Å². The Morgan fingerprint density at radius 3 is 2.30 bits per heavy atom. The summed E-state index contributed by atoms with van der Waals surface area (Å²) >= 11 is 0. The number of primary amides is 1. The first-order valence-electron chi connectivity index (χ1n) is 17.9. The summed E-state index contributed by atoms with van der Waals surface area (Å²) in [6.07, 6.45) is 1.50. The molecule has 1 aromatic heterocycles. The SMILES string of the molecule is Cc1ccc(CN(NC(=O)C(Cc2c[nH]c3ccccc23)NC(=O)C(CCC(N)=O)NC(=O)NC(C)(C)C)C(=O)NCCOCc2ccccc2)c(C)c1. The van der Waals surface area contributed by atoms with Gasteiger partial charge in [0.25, 0.3) is 5.91 Å². The van der Waals surface area contributed by atoms with E-state index in [0.29, 0.717) is 6.61 Å². The number of fused-ring (bicyclic) bond motifs is 1. The molecular formula is C40H52N8O6. The number of rotatable bonds is 16. The highest BCUT2D eigenvalue weighted by molar-refractivity contribution is 5.93. The molecule has 0 aliphatic rings. The Morgan fingerprint density at radius 1 is 0.870 bits per heavy atom. The molecule has 0 saturated heterocycles. The van der Waals surface area contributed by atoms with Crippen LogP contribution in [-0.2, 0) is 38.7 Å². The van der Waals surface area contributed by atoms with E-state index in [4.69, 9.17) is 10.5 Å². The first-order chi connectivity index (χ1) is 25.7. The van der Waals surface area contributed by atoms with Gasteiger partial charge in [-0.1, -0.05) is 72.3 Å². The van der Waals surface area contributed by atoms with Crippen molar-refractivity contribution in [3.63, 3.8) is 0 Å². The molecule has 54 heavy (non-hydrogen) atoms. The number of urea groups is 2. The van der Waals surface area contributed by atoms with Crippen molar-refractivity contribution in [3.8, 4) is 0 Å².